The second kappa shape index (κ2) is 4.57. The summed E-state index contributed by atoms with van der Waals surface area (Å²) in [6.07, 6.45) is 3.50. The normalized spacial score (nSPS) is 11.5. The molecule has 0 amide bonds. The molecule has 4 heteroatoms. The zero-order chi connectivity index (χ0) is 11.5. The first-order chi connectivity index (χ1) is 6.92. The van der Waals surface area contributed by atoms with Gasteiger partial charge in [0.05, 0.1) is 18.1 Å². The molecule has 0 saturated carbocycles. The van der Waals surface area contributed by atoms with Gasteiger partial charge in [-0.1, -0.05) is 20.8 Å². The third-order valence-corrected chi connectivity index (χ3v) is 2.00. The van der Waals surface area contributed by atoms with Crippen LogP contribution in [0.2, 0.25) is 0 Å². The molecule has 0 aromatic carbocycles. The van der Waals surface area contributed by atoms with Crippen molar-refractivity contribution in [3.05, 3.63) is 18.1 Å². The third kappa shape index (κ3) is 3.83. The van der Waals surface area contributed by atoms with E-state index in [4.69, 9.17) is 5.73 Å². The van der Waals surface area contributed by atoms with Crippen LogP contribution in [-0.2, 0) is 6.54 Å². The molecule has 2 N–H and O–H groups in total. The van der Waals surface area contributed by atoms with E-state index in [2.05, 4.69) is 35.6 Å². The van der Waals surface area contributed by atoms with Gasteiger partial charge >= 0.3 is 0 Å². The molecule has 0 aliphatic carbocycles. The van der Waals surface area contributed by atoms with E-state index in [1.54, 1.807) is 12.4 Å². The van der Waals surface area contributed by atoms with Crippen LogP contribution in [0.4, 0.5) is 5.82 Å². The van der Waals surface area contributed by atoms with Crippen molar-refractivity contribution in [1.82, 2.24) is 9.97 Å². The van der Waals surface area contributed by atoms with Crippen molar-refractivity contribution in [1.29, 1.82) is 0 Å². The Bertz CT molecular complexity index is 299. The van der Waals surface area contributed by atoms with Crippen LogP contribution < -0.4 is 10.6 Å². The largest absolute Gasteiger partial charge is 0.358 e. The van der Waals surface area contributed by atoms with Crippen molar-refractivity contribution < 1.29 is 0 Å². The minimum atomic E-state index is 0.253. The molecule has 0 aliphatic heterocycles. The lowest BCUT2D eigenvalue weighted by Gasteiger charge is -2.27. The van der Waals surface area contributed by atoms with Crippen LogP contribution in [0.1, 0.15) is 26.5 Å². The SMILES string of the molecule is CN(CC(C)(C)C)c1cnc(CN)cn1. The van der Waals surface area contributed by atoms with Crippen LogP contribution in [0.15, 0.2) is 12.4 Å². The number of nitrogens with two attached hydrogens (primary N) is 1. The van der Waals surface area contributed by atoms with Gasteiger partial charge in [-0.05, 0) is 5.41 Å². The average Bonchev–Trinajstić information content (AvgIpc) is 2.15. The fourth-order valence-corrected chi connectivity index (χ4v) is 1.44. The Kier molecular flexibility index (Phi) is 3.63. The quantitative estimate of drug-likeness (QED) is 0.816. The Morgan fingerprint density at radius 3 is 2.33 bits per heavy atom. The predicted molar refractivity (Wildman–Crippen MR) is 62.6 cm³/mol. The van der Waals surface area contributed by atoms with Gasteiger partial charge in [0.2, 0.25) is 0 Å². The zero-order valence-electron chi connectivity index (χ0n) is 9.99. The second-order valence-electron chi connectivity index (χ2n) is 4.99. The van der Waals surface area contributed by atoms with Crippen LogP contribution in [0, 0.1) is 5.41 Å². The van der Waals surface area contributed by atoms with Gasteiger partial charge in [-0.15, -0.1) is 0 Å². The number of anilines is 1. The number of rotatable bonds is 3. The summed E-state index contributed by atoms with van der Waals surface area (Å²) < 4.78 is 0. The summed E-state index contributed by atoms with van der Waals surface area (Å²) in [6.45, 7) is 7.99. The van der Waals surface area contributed by atoms with Crippen LogP contribution in [0.5, 0.6) is 0 Å². The molecule has 0 atom stereocenters. The standard InChI is InChI=1S/C11H20N4/c1-11(2,3)8-15(4)10-7-13-9(5-12)6-14-10/h6-7H,5,8,12H2,1-4H3. The first-order valence-corrected chi connectivity index (χ1v) is 5.14. The highest BCUT2D eigenvalue weighted by molar-refractivity contribution is 5.34. The van der Waals surface area contributed by atoms with Gasteiger partial charge in [-0.2, -0.15) is 0 Å². The van der Waals surface area contributed by atoms with Crippen molar-refractivity contribution in [3.63, 3.8) is 0 Å². The first-order valence-electron chi connectivity index (χ1n) is 5.14. The molecule has 4 nitrogen and oxygen atoms in total. The van der Waals surface area contributed by atoms with Crippen molar-refractivity contribution in [2.75, 3.05) is 18.5 Å². The molecule has 0 saturated heterocycles. The molecule has 0 bridgehead atoms. The van der Waals surface area contributed by atoms with Gasteiger partial charge in [0, 0.05) is 20.1 Å². The van der Waals surface area contributed by atoms with Gasteiger partial charge in [0.25, 0.3) is 0 Å². The summed E-state index contributed by atoms with van der Waals surface area (Å²) in [5.41, 5.74) is 6.54. The topological polar surface area (TPSA) is 55.0 Å². The summed E-state index contributed by atoms with van der Waals surface area (Å²) in [6, 6.07) is 0. The molecule has 1 rings (SSSR count). The first kappa shape index (κ1) is 11.9. The molecular weight excluding hydrogens is 188 g/mol. The molecule has 1 aromatic heterocycles. The van der Waals surface area contributed by atoms with Crippen molar-refractivity contribution in [2.45, 2.75) is 27.3 Å². The molecular formula is C11H20N4. The number of aromatic nitrogens is 2. The van der Waals surface area contributed by atoms with Crippen molar-refractivity contribution >= 4 is 5.82 Å². The van der Waals surface area contributed by atoms with Gasteiger partial charge in [0.1, 0.15) is 5.82 Å². The highest BCUT2D eigenvalue weighted by atomic mass is 15.2. The van der Waals surface area contributed by atoms with E-state index in [-0.39, 0.29) is 5.41 Å². The van der Waals surface area contributed by atoms with Gasteiger partial charge in [0.15, 0.2) is 0 Å². The van der Waals surface area contributed by atoms with E-state index in [9.17, 15) is 0 Å². The van der Waals surface area contributed by atoms with Crippen molar-refractivity contribution in [2.24, 2.45) is 11.1 Å². The molecule has 1 aromatic rings. The summed E-state index contributed by atoms with van der Waals surface area (Å²) in [5, 5.41) is 0. The fourth-order valence-electron chi connectivity index (χ4n) is 1.44. The third-order valence-electron chi connectivity index (χ3n) is 2.00. The average molecular weight is 208 g/mol. The second-order valence-corrected chi connectivity index (χ2v) is 4.99. The van der Waals surface area contributed by atoms with Crippen molar-refractivity contribution in [3.8, 4) is 0 Å². The van der Waals surface area contributed by atoms with E-state index < -0.39 is 0 Å². The van der Waals surface area contributed by atoms with E-state index >= 15 is 0 Å². The molecule has 0 aliphatic rings. The van der Waals surface area contributed by atoms with Crippen LogP contribution in [0.3, 0.4) is 0 Å². The van der Waals surface area contributed by atoms with E-state index in [0.29, 0.717) is 6.54 Å². The monoisotopic (exact) mass is 208 g/mol. The molecule has 15 heavy (non-hydrogen) atoms. The minimum Gasteiger partial charge on any atom is -0.358 e. The maximum atomic E-state index is 5.46. The Labute approximate surface area is 91.5 Å². The van der Waals surface area contributed by atoms with Crippen LogP contribution in [0.25, 0.3) is 0 Å². The summed E-state index contributed by atoms with van der Waals surface area (Å²) in [5.74, 6) is 0.891. The highest BCUT2D eigenvalue weighted by Crippen LogP contribution is 2.17. The lowest BCUT2D eigenvalue weighted by atomic mass is 9.96. The van der Waals surface area contributed by atoms with E-state index in [1.807, 2.05) is 7.05 Å². The lowest BCUT2D eigenvalue weighted by molar-refractivity contribution is 0.417. The highest BCUT2D eigenvalue weighted by Gasteiger charge is 2.14. The summed E-state index contributed by atoms with van der Waals surface area (Å²) >= 11 is 0. The lowest BCUT2D eigenvalue weighted by Crippen LogP contribution is -2.29. The maximum absolute atomic E-state index is 5.46. The van der Waals surface area contributed by atoms with E-state index in [0.717, 1.165) is 18.1 Å². The zero-order valence-corrected chi connectivity index (χ0v) is 9.99. The number of hydrogen-bond acceptors (Lipinski definition) is 4. The number of hydrogen-bond donors (Lipinski definition) is 1. The molecule has 0 fully saturated rings. The van der Waals surface area contributed by atoms with E-state index in [1.165, 1.54) is 0 Å². The number of nitrogens with zero attached hydrogens (tertiary/aromatic N) is 3. The molecule has 84 valence electrons. The summed E-state index contributed by atoms with van der Waals surface area (Å²) in [4.78, 5) is 10.6. The molecule has 0 spiro atoms. The van der Waals surface area contributed by atoms with Gasteiger partial charge in [-0.3, -0.25) is 4.98 Å². The molecule has 0 radical (unpaired) electrons. The predicted octanol–water partition coefficient (Wildman–Crippen LogP) is 1.42. The van der Waals surface area contributed by atoms with Crippen LogP contribution >= 0.6 is 0 Å². The smallest absolute Gasteiger partial charge is 0.146 e. The Morgan fingerprint density at radius 2 is 1.93 bits per heavy atom. The Balaban J connectivity index is 2.70. The van der Waals surface area contributed by atoms with Crippen LogP contribution in [-0.4, -0.2) is 23.6 Å². The fraction of sp³-hybridized carbons (Fsp3) is 0.636. The minimum absolute atomic E-state index is 0.253. The van der Waals surface area contributed by atoms with Gasteiger partial charge in [-0.25, -0.2) is 4.98 Å². The Morgan fingerprint density at radius 1 is 1.27 bits per heavy atom. The molecule has 0 unspecified atom stereocenters. The Hall–Kier alpha value is -1.16. The molecule has 1 heterocycles. The van der Waals surface area contributed by atoms with Gasteiger partial charge < -0.3 is 10.6 Å². The summed E-state index contributed by atoms with van der Waals surface area (Å²) in [7, 11) is 2.03. The maximum Gasteiger partial charge on any atom is 0.146 e.